The van der Waals surface area contributed by atoms with Crippen molar-refractivity contribution in [1.29, 1.82) is 0 Å². The Morgan fingerprint density at radius 1 is 0.475 bits per heavy atom. The lowest BCUT2D eigenvalue weighted by Gasteiger charge is -2.23. The Hall–Kier alpha value is -1.92. The van der Waals surface area contributed by atoms with E-state index in [1.807, 2.05) is 0 Å². The molecule has 0 aliphatic rings. The zero-order chi connectivity index (χ0) is 30.9. The Balaban J connectivity index is 0. The third-order valence-electron chi connectivity index (χ3n) is 6.72. The lowest BCUT2D eigenvalue weighted by Crippen LogP contribution is -2.35. The van der Waals surface area contributed by atoms with Crippen LogP contribution in [0.4, 0.5) is 0 Å². The van der Waals surface area contributed by atoms with Gasteiger partial charge in [-0.2, -0.15) is 0 Å². The number of hydrogen-bond donors (Lipinski definition) is 0. The van der Waals surface area contributed by atoms with Crippen molar-refractivity contribution in [3.05, 3.63) is 35.4 Å². The number of unbranched alkanes of at least 4 members (excludes halogenated alkanes) is 14. The number of carbonyl (C=O) groups excluding carboxylic acids is 2. The summed E-state index contributed by atoms with van der Waals surface area (Å²) >= 11 is 0. The molecule has 0 saturated carbocycles. The Morgan fingerprint density at radius 2 is 0.700 bits per heavy atom. The standard InChI is InChI=1S/2C13H30N.C8H6O4/c2*1-5-6-7-8-9-10-11-12-13-14(2,3)4;9-7(10)5-1-2-6(4-3-5)8(11)12/h2*5-13H2,1-4H3;1-4H,(H,9,10)(H,11,12)/q2*+1;/p-2. The topological polar surface area (TPSA) is 80.3 Å². The Morgan fingerprint density at radius 3 is 0.900 bits per heavy atom. The summed E-state index contributed by atoms with van der Waals surface area (Å²) in [5.41, 5.74) is -0.111. The molecule has 0 atom stereocenters. The average Bonchev–Trinajstić information content (AvgIpc) is 2.87. The molecule has 1 aromatic carbocycles. The molecule has 0 bridgehead atoms. The fourth-order valence-corrected chi connectivity index (χ4v) is 4.18. The van der Waals surface area contributed by atoms with E-state index in [9.17, 15) is 19.8 Å². The maximum absolute atomic E-state index is 10.2. The predicted molar refractivity (Wildman–Crippen MR) is 166 cm³/mol. The molecule has 0 heterocycles. The van der Waals surface area contributed by atoms with Crippen LogP contribution in [0.25, 0.3) is 0 Å². The molecule has 1 aromatic rings. The quantitative estimate of drug-likeness (QED) is 0.142. The summed E-state index contributed by atoms with van der Waals surface area (Å²) in [4.78, 5) is 20.4. The minimum Gasteiger partial charge on any atom is -0.545 e. The second kappa shape index (κ2) is 24.8. The van der Waals surface area contributed by atoms with Gasteiger partial charge >= 0.3 is 0 Å². The van der Waals surface area contributed by atoms with Gasteiger partial charge in [0.25, 0.3) is 0 Å². The summed E-state index contributed by atoms with van der Waals surface area (Å²) < 4.78 is 2.24. The van der Waals surface area contributed by atoms with Crippen LogP contribution in [-0.4, -0.2) is 76.3 Å². The summed E-state index contributed by atoms with van der Waals surface area (Å²) in [6.45, 7) is 7.21. The van der Waals surface area contributed by atoms with Crippen molar-refractivity contribution in [3.63, 3.8) is 0 Å². The van der Waals surface area contributed by atoms with Crippen LogP contribution in [0.5, 0.6) is 0 Å². The Labute approximate surface area is 248 Å². The highest BCUT2D eigenvalue weighted by Gasteiger charge is 2.05. The molecule has 0 unspecified atom stereocenters. The van der Waals surface area contributed by atoms with Crippen molar-refractivity contribution in [2.75, 3.05) is 55.4 Å². The van der Waals surface area contributed by atoms with E-state index in [0.717, 1.165) is 33.2 Å². The highest BCUT2D eigenvalue weighted by atomic mass is 16.4. The van der Waals surface area contributed by atoms with Crippen molar-refractivity contribution in [2.45, 2.75) is 117 Å². The average molecular weight is 565 g/mol. The van der Waals surface area contributed by atoms with Crippen molar-refractivity contribution < 1.29 is 28.8 Å². The molecule has 0 fully saturated rings. The van der Waals surface area contributed by atoms with E-state index >= 15 is 0 Å². The number of carboxylic acid groups (broad SMARTS) is 2. The lowest BCUT2D eigenvalue weighted by molar-refractivity contribution is -0.870. The maximum atomic E-state index is 10.2. The zero-order valence-electron chi connectivity index (χ0n) is 27.6. The highest BCUT2D eigenvalue weighted by Crippen LogP contribution is 2.10. The van der Waals surface area contributed by atoms with Crippen LogP contribution >= 0.6 is 0 Å². The fraction of sp³-hybridized carbons (Fsp3) is 0.765. The number of hydrogen-bond acceptors (Lipinski definition) is 4. The normalized spacial score (nSPS) is 11.2. The molecule has 40 heavy (non-hydrogen) atoms. The van der Waals surface area contributed by atoms with Gasteiger partial charge in [0.15, 0.2) is 0 Å². The van der Waals surface area contributed by atoms with Gasteiger partial charge in [-0.05, 0) is 36.8 Å². The van der Waals surface area contributed by atoms with Gasteiger partial charge in [-0.3, -0.25) is 0 Å². The largest absolute Gasteiger partial charge is 0.545 e. The first-order valence-corrected chi connectivity index (χ1v) is 15.9. The van der Waals surface area contributed by atoms with Gasteiger partial charge in [-0.15, -0.1) is 0 Å². The number of carboxylic acids is 2. The van der Waals surface area contributed by atoms with Crippen molar-refractivity contribution in [2.24, 2.45) is 0 Å². The Kier molecular flexibility index (Phi) is 25.0. The van der Waals surface area contributed by atoms with Crippen molar-refractivity contribution in [3.8, 4) is 0 Å². The minimum absolute atomic E-state index is 0.0556. The van der Waals surface area contributed by atoms with Crippen LogP contribution < -0.4 is 10.2 Å². The number of rotatable bonds is 20. The molecule has 0 aromatic heterocycles. The fourth-order valence-electron chi connectivity index (χ4n) is 4.18. The first-order valence-electron chi connectivity index (χ1n) is 15.9. The SMILES string of the molecule is CCCCCCCCCC[N+](C)(C)C.CCCCCCCCCC[N+](C)(C)C.O=C([O-])c1ccc(C(=O)[O-])cc1. The van der Waals surface area contributed by atoms with E-state index in [2.05, 4.69) is 56.1 Å². The summed E-state index contributed by atoms with van der Waals surface area (Å²) in [6, 6.07) is 4.61. The van der Waals surface area contributed by atoms with Crippen molar-refractivity contribution >= 4 is 11.9 Å². The lowest BCUT2D eigenvalue weighted by atomic mass is 10.1. The van der Waals surface area contributed by atoms with E-state index in [-0.39, 0.29) is 11.1 Å². The minimum atomic E-state index is -1.33. The van der Waals surface area contributed by atoms with Crippen molar-refractivity contribution in [1.82, 2.24) is 0 Å². The van der Waals surface area contributed by atoms with Gasteiger partial charge in [0.05, 0.1) is 67.3 Å². The molecule has 0 spiro atoms. The smallest absolute Gasteiger partial charge is 0.0780 e. The van der Waals surface area contributed by atoms with Crippen LogP contribution in [-0.2, 0) is 0 Å². The molecule has 0 radical (unpaired) electrons. The second-order valence-corrected chi connectivity index (χ2v) is 13.1. The molecule has 1 rings (SSSR count). The number of nitrogens with zero attached hydrogens (tertiary/aromatic N) is 2. The first-order chi connectivity index (χ1) is 18.7. The van der Waals surface area contributed by atoms with E-state index in [4.69, 9.17) is 0 Å². The first kappa shape index (κ1) is 40.2. The third-order valence-corrected chi connectivity index (χ3v) is 6.72. The third kappa shape index (κ3) is 30.6. The molecule has 0 saturated heterocycles. The summed E-state index contributed by atoms with van der Waals surface area (Å²) in [5, 5.41) is 20.4. The predicted octanol–water partition coefficient (Wildman–Crippen LogP) is 6.08. The van der Waals surface area contributed by atoms with Crippen LogP contribution in [0.3, 0.4) is 0 Å². The molecule has 6 nitrogen and oxygen atoms in total. The summed E-state index contributed by atoms with van der Waals surface area (Å²) in [7, 11) is 13.7. The van der Waals surface area contributed by atoms with Crippen LogP contribution in [0, 0.1) is 0 Å². The van der Waals surface area contributed by atoms with Gasteiger partial charge in [0.2, 0.25) is 0 Å². The highest BCUT2D eigenvalue weighted by molar-refractivity contribution is 5.89. The number of quaternary nitrogens is 2. The van der Waals surface area contributed by atoms with E-state index in [0.29, 0.717) is 0 Å². The monoisotopic (exact) mass is 564 g/mol. The van der Waals surface area contributed by atoms with Gasteiger partial charge in [0, 0.05) is 0 Å². The van der Waals surface area contributed by atoms with Gasteiger partial charge in [-0.25, -0.2) is 0 Å². The van der Waals surface area contributed by atoms with Crippen LogP contribution in [0.2, 0.25) is 0 Å². The second-order valence-electron chi connectivity index (χ2n) is 13.1. The van der Waals surface area contributed by atoms with Gasteiger partial charge < -0.3 is 28.8 Å². The zero-order valence-corrected chi connectivity index (χ0v) is 27.6. The van der Waals surface area contributed by atoms with Crippen LogP contribution in [0.1, 0.15) is 137 Å². The number of aromatic carboxylic acids is 2. The van der Waals surface area contributed by atoms with Gasteiger partial charge in [-0.1, -0.05) is 115 Å². The van der Waals surface area contributed by atoms with E-state index in [1.54, 1.807) is 0 Å². The molecular formula is C34H64N2O4. The molecule has 6 heteroatoms. The molecule has 0 amide bonds. The van der Waals surface area contributed by atoms with E-state index < -0.39 is 11.9 Å². The van der Waals surface area contributed by atoms with E-state index in [1.165, 1.54) is 116 Å². The molecule has 0 aliphatic heterocycles. The van der Waals surface area contributed by atoms with Crippen LogP contribution in [0.15, 0.2) is 24.3 Å². The molecule has 0 aliphatic carbocycles. The molecule has 234 valence electrons. The molecular weight excluding hydrogens is 500 g/mol. The summed E-state index contributed by atoms with van der Waals surface area (Å²) in [6.07, 6.45) is 22.9. The number of benzene rings is 1. The maximum Gasteiger partial charge on any atom is 0.0780 e. The molecule has 0 N–H and O–H groups in total. The Bertz CT molecular complexity index is 671. The van der Waals surface area contributed by atoms with Gasteiger partial charge in [0.1, 0.15) is 0 Å². The number of carbonyl (C=O) groups is 2. The summed E-state index contributed by atoms with van der Waals surface area (Å²) in [5.74, 6) is -2.67.